The van der Waals surface area contributed by atoms with Crippen LogP contribution in [0.3, 0.4) is 0 Å². The third-order valence-electron chi connectivity index (χ3n) is 2.31. The lowest BCUT2D eigenvalue weighted by atomic mass is 10.1. The van der Waals surface area contributed by atoms with Crippen LogP contribution in [-0.4, -0.2) is 4.98 Å². The molecule has 0 spiro atoms. The van der Waals surface area contributed by atoms with Crippen LogP contribution in [0.4, 0.5) is 0 Å². The number of nitriles is 1. The molecule has 0 radical (unpaired) electrons. The van der Waals surface area contributed by atoms with Crippen LogP contribution < -0.4 is 0 Å². The van der Waals surface area contributed by atoms with E-state index in [9.17, 15) is 0 Å². The Hall–Kier alpha value is -1.85. The number of hydrogen-bond acceptors (Lipinski definition) is 2. The molecule has 1 aromatic carbocycles. The van der Waals surface area contributed by atoms with Gasteiger partial charge in [-0.2, -0.15) is 5.26 Å². The molecule has 1 heterocycles. The molecule has 2 aromatic rings. The first-order chi connectivity index (χ1) is 7.70. The van der Waals surface area contributed by atoms with Crippen LogP contribution in [0, 0.1) is 18.3 Å². The van der Waals surface area contributed by atoms with Crippen LogP contribution in [-0.2, 0) is 0 Å². The van der Waals surface area contributed by atoms with Crippen molar-refractivity contribution in [2.75, 3.05) is 0 Å². The van der Waals surface area contributed by atoms with E-state index in [1.54, 1.807) is 12.1 Å². The standard InChI is InChI=1S/C13H9ClN2/c1-9-2-4-10(5-3-9)13-11(8-15)6-7-12(14)16-13/h2-7H,1H3. The van der Waals surface area contributed by atoms with Gasteiger partial charge in [-0.05, 0) is 19.1 Å². The van der Waals surface area contributed by atoms with Crippen molar-refractivity contribution in [2.45, 2.75) is 6.92 Å². The van der Waals surface area contributed by atoms with Gasteiger partial charge in [0, 0.05) is 5.56 Å². The highest BCUT2D eigenvalue weighted by atomic mass is 35.5. The van der Waals surface area contributed by atoms with Crippen LogP contribution in [0.25, 0.3) is 11.3 Å². The van der Waals surface area contributed by atoms with Gasteiger partial charge in [0.15, 0.2) is 0 Å². The second-order valence-electron chi connectivity index (χ2n) is 3.51. The van der Waals surface area contributed by atoms with E-state index in [1.807, 2.05) is 31.2 Å². The molecule has 0 aliphatic carbocycles. The fourth-order valence-corrected chi connectivity index (χ4v) is 1.60. The number of nitrogens with zero attached hydrogens (tertiary/aromatic N) is 2. The third-order valence-corrected chi connectivity index (χ3v) is 2.52. The van der Waals surface area contributed by atoms with Crippen molar-refractivity contribution in [1.82, 2.24) is 4.98 Å². The molecule has 0 saturated heterocycles. The monoisotopic (exact) mass is 228 g/mol. The van der Waals surface area contributed by atoms with E-state index in [0.717, 1.165) is 5.56 Å². The van der Waals surface area contributed by atoms with Crippen molar-refractivity contribution < 1.29 is 0 Å². The Labute approximate surface area is 99.1 Å². The molecule has 0 unspecified atom stereocenters. The molecule has 78 valence electrons. The summed E-state index contributed by atoms with van der Waals surface area (Å²) in [6, 6.07) is 13.3. The lowest BCUT2D eigenvalue weighted by Gasteiger charge is -2.04. The van der Waals surface area contributed by atoms with E-state index in [1.165, 1.54) is 5.56 Å². The van der Waals surface area contributed by atoms with Crippen molar-refractivity contribution in [3.05, 3.63) is 52.7 Å². The second kappa shape index (κ2) is 4.34. The fourth-order valence-electron chi connectivity index (χ4n) is 1.46. The highest BCUT2D eigenvalue weighted by Gasteiger charge is 2.06. The van der Waals surface area contributed by atoms with Gasteiger partial charge in [0.25, 0.3) is 0 Å². The van der Waals surface area contributed by atoms with E-state index in [4.69, 9.17) is 16.9 Å². The topological polar surface area (TPSA) is 36.7 Å². The maximum atomic E-state index is 8.99. The first-order valence-corrected chi connectivity index (χ1v) is 5.22. The van der Waals surface area contributed by atoms with E-state index in [0.29, 0.717) is 16.4 Å². The molecule has 2 nitrogen and oxygen atoms in total. The van der Waals surface area contributed by atoms with Crippen molar-refractivity contribution in [1.29, 1.82) is 5.26 Å². The van der Waals surface area contributed by atoms with E-state index < -0.39 is 0 Å². The van der Waals surface area contributed by atoms with Crippen molar-refractivity contribution in [2.24, 2.45) is 0 Å². The minimum Gasteiger partial charge on any atom is -0.235 e. The molecule has 0 saturated carbocycles. The Balaban J connectivity index is 2.59. The summed E-state index contributed by atoms with van der Waals surface area (Å²) in [6.45, 7) is 2.01. The Kier molecular flexibility index (Phi) is 2.89. The summed E-state index contributed by atoms with van der Waals surface area (Å²) in [4.78, 5) is 4.19. The Morgan fingerprint density at radius 1 is 1.12 bits per heavy atom. The molecule has 0 aliphatic rings. The minimum absolute atomic E-state index is 0.398. The van der Waals surface area contributed by atoms with Crippen LogP contribution in [0.5, 0.6) is 0 Å². The molecule has 3 heteroatoms. The van der Waals surface area contributed by atoms with Gasteiger partial charge in [-0.25, -0.2) is 4.98 Å². The Morgan fingerprint density at radius 2 is 1.81 bits per heavy atom. The van der Waals surface area contributed by atoms with Crippen LogP contribution in [0.1, 0.15) is 11.1 Å². The number of aromatic nitrogens is 1. The Morgan fingerprint density at radius 3 is 2.44 bits per heavy atom. The van der Waals surface area contributed by atoms with Crippen molar-refractivity contribution >= 4 is 11.6 Å². The van der Waals surface area contributed by atoms with Crippen molar-refractivity contribution in [3.63, 3.8) is 0 Å². The average Bonchev–Trinajstić information content (AvgIpc) is 2.30. The van der Waals surface area contributed by atoms with Crippen LogP contribution >= 0.6 is 11.6 Å². The molecule has 0 amide bonds. The molecule has 16 heavy (non-hydrogen) atoms. The van der Waals surface area contributed by atoms with E-state index >= 15 is 0 Å². The lowest BCUT2D eigenvalue weighted by Crippen LogP contribution is -1.89. The number of rotatable bonds is 1. The molecule has 0 fully saturated rings. The lowest BCUT2D eigenvalue weighted by molar-refractivity contribution is 1.30. The normalized spacial score (nSPS) is 9.81. The second-order valence-corrected chi connectivity index (χ2v) is 3.90. The van der Waals surface area contributed by atoms with Gasteiger partial charge in [0.05, 0.1) is 11.3 Å². The summed E-state index contributed by atoms with van der Waals surface area (Å²) < 4.78 is 0. The smallest absolute Gasteiger partial charge is 0.129 e. The highest BCUT2D eigenvalue weighted by molar-refractivity contribution is 6.29. The van der Waals surface area contributed by atoms with Gasteiger partial charge in [-0.1, -0.05) is 41.4 Å². The van der Waals surface area contributed by atoms with Gasteiger partial charge in [-0.15, -0.1) is 0 Å². The molecule has 0 aliphatic heterocycles. The fraction of sp³-hybridized carbons (Fsp3) is 0.0769. The zero-order valence-electron chi connectivity index (χ0n) is 8.74. The van der Waals surface area contributed by atoms with Gasteiger partial charge >= 0.3 is 0 Å². The number of halogens is 1. The van der Waals surface area contributed by atoms with Crippen LogP contribution in [0.2, 0.25) is 5.15 Å². The van der Waals surface area contributed by atoms with Gasteiger partial charge < -0.3 is 0 Å². The summed E-state index contributed by atoms with van der Waals surface area (Å²) in [6.07, 6.45) is 0. The largest absolute Gasteiger partial charge is 0.235 e. The minimum atomic E-state index is 0.398. The average molecular weight is 229 g/mol. The molecule has 0 bridgehead atoms. The first kappa shape index (κ1) is 10.7. The summed E-state index contributed by atoms with van der Waals surface area (Å²) in [7, 11) is 0. The number of aryl methyl sites for hydroxylation is 1. The molecular formula is C13H9ClN2. The van der Waals surface area contributed by atoms with Gasteiger partial charge in [0.1, 0.15) is 11.2 Å². The number of pyridine rings is 1. The van der Waals surface area contributed by atoms with E-state index in [2.05, 4.69) is 11.1 Å². The Bertz CT molecular complexity index is 553. The maximum Gasteiger partial charge on any atom is 0.129 e. The van der Waals surface area contributed by atoms with Gasteiger partial charge in [0.2, 0.25) is 0 Å². The van der Waals surface area contributed by atoms with Crippen LogP contribution in [0.15, 0.2) is 36.4 Å². The number of hydrogen-bond donors (Lipinski definition) is 0. The SMILES string of the molecule is Cc1ccc(-c2nc(Cl)ccc2C#N)cc1. The molecule has 0 atom stereocenters. The van der Waals surface area contributed by atoms with E-state index in [-0.39, 0.29) is 0 Å². The predicted octanol–water partition coefficient (Wildman–Crippen LogP) is 3.58. The quantitative estimate of drug-likeness (QED) is 0.700. The molecule has 1 aromatic heterocycles. The van der Waals surface area contributed by atoms with Gasteiger partial charge in [-0.3, -0.25) is 0 Å². The first-order valence-electron chi connectivity index (χ1n) is 4.84. The summed E-state index contributed by atoms with van der Waals surface area (Å²) in [5.74, 6) is 0. The summed E-state index contributed by atoms with van der Waals surface area (Å²) in [5.41, 5.74) is 3.25. The van der Waals surface area contributed by atoms with Crippen molar-refractivity contribution in [3.8, 4) is 17.3 Å². The maximum absolute atomic E-state index is 8.99. The number of benzene rings is 1. The third kappa shape index (κ3) is 2.05. The predicted molar refractivity (Wildman–Crippen MR) is 64.1 cm³/mol. The molecule has 0 N–H and O–H groups in total. The summed E-state index contributed by atoms with van der Waals surface area (Å²) in [5, 5.41) is 9.39. The summed E-state index contributed by atoms with van der Waals surface area (Å²) >= 11 is 5.83. The zero-order valence-corrected chi connectivity index (χ0v) is 9.49. The molecular weight excluding hydrogens is 220 g/mol. The highest BCUT2D eigenvalue weighted by Crippen LogP contribution is 2.23. The molecule has 2 rings (SSSR count). The zero-order chi connectivity index (χ0) is 11.5.